The molecule has 0 spiro atoms. The molecule has 1 aromatic carbocycles. The third kappa shape index (κ3) is 2.07. The van der Waals surface area contributed by atoms with Gasteiger partial charge in [-0.2, -0.15) is 4.31 Å². The molecule has 0 unspecified atom stereocenters. The quantitative estimate of drug-likeness (QED) is 0.755. The second-order valence-corrected chi connectivity index (χ2v) is 6.41. The van der Waals surface area contributed by atoms with Crippen LogP contribution in [0.3, 0.4) is 0 Å². The molecule has 0 saturated carbocycles. The van der Waals surface area contributed by atoms with Crippen LogP contribution in [0.5, 0.6) is 5.75 Å². The highest BCUT2D eigenvalue weighted by Gasteiger charge is 2.36. The van der Waals surface area contributed by atoms with E-state index in [1.54, 1.807) is 0 Å². The molecule has 1 saturated heterocycles. The third-order valence-electron chi connectivity index (χ3n) is 3.05. The van der Waals surface area contributed by atoms with Gasteiger partial charge in [-0.25, -0.2) is 8.42 Å². The average Bonchev–Trinajstić information content (AvgIpc) is 2.34. The Morgan fingerprint density at radius 3 is 2.79 bits per heavy atom. The van der Waals surface area contributed by atoms with Crippen molar-refractivity contribution in [2.75, 3.05) is 25.0 Å². The van der Waals surface area contributed by atoms with E-state index >= 15 is 0 Å². The van der Waals surface area contributed by atoms with Crippen LogP contribution in [0.25, 0.3) is 0 Å². The molecule has 2 heterocycles. The number of amides is 1. The summed E-state index contributed by atoms with van der Waals surface area (Å²) >= 11 is 0. The van der Waals surface area contributed by atoms with Gasteiger partial charge in [0.15, 0.2) is 6.61 Å². The van der Waals surface area contributed by atoms with Crippen molar-refractivity contribution >= 4 is 21.6 Å². The number of anilines is 1. The van der Waals surface area contributed by atoms with Crippen molar-refractivity contribution in [3.63, 3.8) is 0 Å². The van der Waals surface area contributed by atoms with Crippen molar-refractivity contribution in [1.29, 1.82) is 0 Å². The fourth-order valence-electron chi connectivity index (χ4n) is 1.98. The molecular weight excluding hydrogens is 272 g/mol. The van der Waals surface area contributed by atoms with Crippen molar-refractivity contribution in [1.82, 2.24) is 4.31 Å². The molecular formula is C11H12N2O5S. The molecule has 8 heteroatoms. The lowest BCUT2D eigenvalue weighted by atomic mass is 10.2. The van der Waals surface area contributed by atoms with Gasteiger partial charge in [0.05, 0.1) is 16.7 Å². The fraction of sp³-hybridized carbons (Fsp3) is 0.364. The van der Waals surface area contributed by atoms with Crippen LogP contribution in [0.15, 0.2) is 23.1 Å². The minimum Gasteiger partial charge on any atom is -0.482 e. The van der Waals surface area contributed by atoms with Gasteiger partial charge < -0.3 is 15.2 Å². The predicted octanol–water partition coefficient (Wildman–Crippen LogP) is -0.617. The molecule has 2 aliphatic heterocycles. The summed E-state index contributed by atoms with van der Waals surface area (Å²) in [5.41, 5.74) is 0.346. The number of β-amino-alcohol motifs (C(OH)–C–C–N with tert-alkyl or cyclic N) is 1. The molecule has 1 amide bonds. The predicted molar refractivity (Wildman–Crippen MR) is 65.3 cm³/mol. The number of aliphatic hydroxyl groups is 1. The first-order chi connectivity index (χ1) is 8.96. The highest BCUT2D eigenvalue weighted by atomic mass is 32.2. The Hall–Kier alpha value is -1.64. The van der Waals surface area contributed by atoms with Crippen LogP contribution in [0.2, 0.25) is 0 Å². The van der Waals surface area contributed by atoms with Crippen molar-refractivity contribution in [2.24, 2.45) is 0 Å². The van der Waals surface area contributed by atoms with Gasteiger partial charge in [-0.3, -0.25) is 4.79 Å². The lowest BCUT2D eigenvalue weighted by molar-refractivity contribution is -0.118. The van der Waals surface area contributed by atoms with Crippen LogP contribution in [-0.4, -0.2) is 49.5 Å². The number of nitrogens with zero attached hydrogens (tertiary/aromatic N) is 1. The molecule has 19 heavy (non-hydrogen) atoms. The summed E-state index contributed by atoms with van der Waals surface area (Å²) in [6.07, 6.45) is -0.601. The molecule has 2 N–H and O–H groups in total. The summed E-state index contributed by atoms with van der Waals surface area (Å²) in [7, 11) is -3.62. The average molecular weight is 284 g/mol. The van der Waals surface area contributed by atoms with Crippen molar-refractivity contribution in [2.45, 2.75) is 11.0 Å². The van der Waals surface area contributed by atoms with E-state index in [9.17, 15) is 18.3 Å². The zero-order chi connectivity index (χ0) is 13.6. The molecule has 1 fully saturated rings. The Morgan fingerprint density at radius 1 is 1.37 bits per heavy atom. The van der Waals surface area contributed by atoms with Gasteiger partial charge in [0.2, 0.25) is 10.0 Å². The van der Waals surface area contributed by atoms with Gasteiger partial charge in [-0.15, -0.1) is 0 Å². The number of hydrogen-bond acceptors (Lipinski definition) is 5. The highest BCUT2D eigenvalue weighted by molar-refractivity contribution is 7.89. The van der Waals surface area contributed by atoms with Crippen molar-refractivity contribution < 1.29 is 23.1 Å². The summed E-state index contributed by atoms with van der Waals surface area (Å²) in [6, 6.07) is 4.31. The number of nitrogens with one attached hydrogen (secondary N) is 1. The maximum absolute atomic E-state index is 12.2. The van der Waals surface area contributed by atoms with Gasteiger partial charge in [0.25, 0.3) is 5.91 Å². The van der Waals surface area contributed by atoms with E-state index in [0.717, 1.165) is 0 Å². The first-order valence-electron chi connectivity index (χ1n) is 5.72. The largest absolute Gasteiger partial charge is 0.482 e. The zero-order valence-corrected chi connectivity index (χ0v) is 10.7. The molecule has 0 aromatic heterocycles. The van der Waals surface area contributed by atoms with Gasteiger partial charge >= 0.3 is 0 Å². The second-order valence-electron chi connectivity index (χ2n) is 4.47. The molecule has 1 aromatic rings. The smallest absolute Gasteiger partial charge is 0.262 e. The maximum atomic E-state index is 12.2. The SMILES string of the molecule is O=C1COc2ccc(S(=O)(=O)N3CC(O)C3)cc2N1. The number of rotatable bonds is 2. The monoisotopic (exact) mass is 284 g/mol. The standard InChI is InChI=1S/C11H12N2O5S/c14-7-4-13(5-7)19(16,17)8-1-2-10-9(3-8)12-11(15)6-18-10/h1-3,7,14H,4-6H2,(H,12,15). The van der Waals surface area contributed by atoms with E-state index in [-0.39, 0.29) is 30.5 Å². The number of sulfonamides is 1. The summed E-state index contributed by atoms with van der Waals surface area (Å²) < 4.78 is 30.7. The summed E-state index contributed by atoms with van der Waals surface area (Å²) in [5, 5.41) is 11.7. The molecule has 0 aliphatic carbocycles. The number of benzene rings is 1. The lowest BCUT2D eigenvalue weighted by Crippen LogP contribution is -2.53. The van der Waals surface area contributed by atoms with E-state index in [1.165, 1.54) is 22.5 Å². The first-order valence-corrected chi connectivity index (χ1v) is 7.16. The highest BCUT2D eigenvalue weighted by Crippen LogP contribution is 2.32. The minimum absolute atomic E-state index is 0.0720. The number of fused-ring (bicyclic) bond motifs is 1. The van der Waals surface area contributed by atoms with Crippen LogP contribution < -0.4 is 10.1 Å². The Morgan fingerprint density at radius 2 is 2.11 bits per heavy atom. The number of carbonyl (C=O) groups excluding carboxylic acids is 1. The normalized spacial score (nSPS) is 20.2. The van der Waals surface area contributed by atoms with Crippen LogP contribution in [0, 0.1) is 0 Å². The first kappa shape index (κ1) is 12.4. The summed E-state index contributed by atoms with van der Waals surface area (Å²) in [4.78, 5) is 11.3. The van der Waals surface area contributed by atoms with Gasteiger partial charge in [0, 0.05) is 13.1 Å². The second kappa shape index (κ2) is 4.19. The van der Waals surface area contributed by atoms with E-state index in [0.29, 0.717) is 11.4 Å². The number of carbonyl (C=O) groups is 1. The molecule has 3 rings (SSSR count). The topological polar surface area (TPSA) is 95.9 Å². The molecule has 0 bridgehead atoms. The molecule has 0 radical (unpaired) electrons. The van der Waals surface area contributed by atoms with E-state index in [4.69, 9.17) is 4.74 Å². The van der Waals surface area contributed by atoms with Gasteiger partial charge in [0.1, 0.15) is 5.75 Å². The molecule has 2 aliphatic rings. The van der Waals surface area contributed by atoms with E-state index in [2.05, 4.69) is 5.32 Å². The zero-order valence-electron chi connectivity index (χ0n) is 9.87. The Kier molecular flexibility index (Phi) is 2.73. The van der Waals surface area contributed by atoms with Crippen LogP contribution in [-0.2, 0) is 14.8 Å². The maximum Gasteiger partial charge on any atom is 0.262 e. The fourth-order valence-corrected chi connectivity index (χ4v) is 3.53. The van der Waals surface area contributed by atoms with Crippen LogP contribution in [0.1, 0.15) is 0 Å². The van der Waals surface area contributed by atoms with E-state index in [1.807, 2.05) is 0 Å². The minimum atomic E-state index is -3.62. The number of ether oxygens (including phenoxy) is 1. The molecule has 7 nitrogen and oxygen atoms in total. The molecule has 0 atom stereocenters. The van der Waals surface area contributed by atoms with Crippen molar-refractivity contribution in [3.05, 3.63) is 18.2 Å². The van der Waals surface area contributed by atoms with Crippen molar-refractivity contribution in [3.8, 4) is 5.75 Å². The Bertz CT molecular complexity index is 636. The summed E-state index contributed by atoms with van der Waals surface area (Å²) in [6.45, 7) is 0.127. The number of hydrogen-bond donors (Lipinski definition) is 2. The van der Waals surface area contributed by atoms with E-state index < -0.39 is 16.1 Å². The Balaban J connectivity index is 1.94. The number of aliphatic hydroxyl groups excluding tert-OH is 1. The van der Waals surface area contributed by atoms with Crippen LogP contribution >= 0.6 is 0 Å². The van der Waals surface area contributed by atoms with Crippen LogP contribution in [0.4, 0.5) is 5.69 Å². The summed E-state index contributed by atoms with van der Waals surface area (Å²) in [5.74, 6) is 0.128. The third-order valence-corrected chi connectivity index (χ3v) is 4.88. The lowest BCUT2D eigenvalue weighted by Gasteiger charge is -2.34. The Labute approximate surface area is 109 Å². The van der Waals surface area contributed by atoms with Gasteiger partial charge in [-0.05, 0) is 18.2 Å². The molecule has 102 valence electrons. The van der Waals surface area contributed by atoms with Gasteiger partial charge in [-0.1, -0.05) is 0 Å².